The maximum absolute atomic E-state index is 5.96. The Kier molecular flexibility index (Phi) is 7.04. The topological polar surface area (TPSA) is 91.5 Å². The lowest BCUT2D eigenvalue weighted by Crippen LogP contribution is -2.31. The lowest BCUT2D eigenvalue weighted by molar-refractivity contribution is 0.568. The number of para-hydroxylation sites is 1. The molecule has 1 aliphatic heterocycles. The molecule has 4 aromatic rings. The summed E-state index contributed by atoms with van der Waals surface area (Å²) in [5, 5.41) is 7.57. The molecule has 0 atom stereocenters. The third kappa shape index (κ3) is 5.86. The minimum atomic E-state index is 0.364. The summed E-state index contributed by atoms with van der Waals surface area (Å²) in [5.74, 6) is 2.85. The lowest BCUT2D eigenvalue weighted by Gasteiger charge is -2.26. The average Bonchev–Trinajstić information content (AvgIpc) is 3.33. The number of piperidine rings is 1. The van der Waals surface area contributed by atoms with Gasteiger partial charge in [-0.25, -0.2) is 5.43 Å². The van der Waals surface area contributed by atoms with Crippen molar-refractivity contribution >= 4 is 45.7 Å². The number of hydrogen-bond donors (Lipinski definition) is 2. The van der Waals surface area contributed by atoms with E-state index in [1.165, 1.54) is 12.0 Å². The Bertz CT molecular complexity index is 1320. The standard InChI is InChI=1S/C26H26BrN7O/c1-18-10-12-21(22(27)16-18)23-13-11-20(35-23)17-28-33-25-30-24(29-19-8-4-2-5-9-19)31-26(32-25)34-14-6-3-7-15-34/h2,4-5,8-13,16-17H,3,6-7,14-15H2,1H3,(H2,29,30,31,32,33)/b28-17+. The van der Waals surface area contributed by atoms with Crippen LogP contribution in [0.5, 0.6) is 0 Å². The quantitative estimate of drug-likeness (QED) is 0.211. The van der Waals surface area contributed by atoms with Gasteiger partial charge in [0, 0.05) is 28.8 Å². The number of anilines is 4. The highest BCUT2D eigenvalue weighted by Crippen LogP contribution is 2.30. The van der Waals surface area contributed by atoms with Gasteiger partial charge in [0.1, 0.15) is 11.5 Å². The second kappa shape index (κ2) is 10.7. The molecule has 3 heterocycles. The van der Waals surface area contributed by atoms with E-state index in [9.17, 15) is 0 Å². The van der Waals surface area contributed by atoms with Crippen LogP contribution in [-0.2, 0) is 0 Å². The fourth-order valence-electron chi connectivity index (χ4n) is 3.90. The first-order valence-electron chi connectivity index (χ1n) is 11.6. The van der Waals surface area contributed by atoms with Gasteiger partial charge in [-0.05, 0) is 68.1 Å². The molecule has 0 radical (unpaired) electrons. The van der Waals surface area contributed by atoms with Gasteiger partial charge < -0.3 is 14.6 Å². The van der Waals surface area contributed by atoms with Gasteiger partial charge in [-0.3, -0.25) is 0 Å². The van der Waals surface area contributed by atoms with Crippen molar-refractivity contribution in [1.82, 2.24) is 15.0 Å². The predicted octanol–water partition coefficient (Wildman–Crippen LogP) is 6.38. The van der Waals surface area contributed by atoms with E-state index < -0.39 is 0 Å². The van der Waals surface area contributed by atoms with Crippen molar-refractivity contribution in [2.24, 2.45) is 5.10 Å². The molecule has 1 aliphatic rings. The molecule has 2 aromatic heterocycles. The van der Waals surface area contributed by atoms with Crippen LogP contribution in [0.1, 0.15) is 30.6 Å². The highest BCUT2D eigenvalue weighted by Gasteiger charge is 2.16. The van der Waals surface area contributed by atoms with Crippen molar-refractivity contribution in [3.63, 3.8) is 0 Å². The van der Waals surface area contributed by atoms with E-state index in [0.29, 0.717) is 23.6 Å². The number of nitrogens with zero attached hydrogens (tertiary/aromatic N) is 5. The number of aryl methyl sites for hydroxylation is 1. The molecule has 0 spiro atoms. The van der Waals surface area contributed by atoms with Crippen LogP contribution in [0.25, 0.3) is 11.3 Å². The second-order valence-electron chi connectivity index (χ2n) is 8.38. The predicted molar refractivity (Wildman–Crippen MR) is 143 cm³/mol. The summed E-state index contributed by atoms with van der Waals surface area (Å²) in [5.41, 5.74) is 6.01. The van der Waals surface area contributed by atoms with Crippen LogP contribution < -0.4 is 15.6 Å². The summed E-state index contributed by atoms with van der Waals surface area (Å²) >= 11 is 3.61. The van der Waals surface area contributed by atoms with Crippen LogP contribution in [0.3, 0.4) is 0 Å². The van der Waals surface area contributed by atoms with Gasteiger partial charge >= 0.3 is 0 Å². The summed E-state index contributed by atoms with van der Waals surface area (Å²) in [6, 6.07) is 19.8. The summed E-state index contributed by atoms with van der Waals surface area (Å²) in [7, 11) is 0. The van der Waals surface area contributed by atoms with E-state index in [-0.39, 0.29) is 0 Å². The molecule has 2 aromatic carbocycles. The van der Waals surface area contributed by atoms with Gasteiger partial charge in [-0.1, -0.05) is 40.2 Å². The van der Waals surface area contributed by atoms with Crippen LogP contribution in [0.15, 0.2) is 74.7 Å². The minimum absolute atomic E-state index is 0.364. The monoisotopic (exact) mass is 531 g/mol. The number of nitrogens with one attached hydrogen (secondary N) is 2. The molecule has 0 bridgehead atoms. The Morgan fingerprint density at radius 3 is 2.54 bits per heavy atom. The number of halogens is 1. The molecule has 8 nitrogen and oxygen atoms in total. The molecule has 0 amide bonds. The number of benzene rings is 2. The number of hydrogen-bond acceptors (Lipinski definition) is 8. The smallest absolute Gasteiger partial charge is 0.250 e. The molecular formula is C26H26BrN7O. The Hall–Kier alpha value is -3.72. The molecule has 2 N–H and O–H groups in total. The first-order valence-corrected chi connectivity index (χ1v) is 12.4. The van der Waals surface area contributed by atoms with Gasteiger partial charge in [0.15, 0.2) is 0 Å². The van der Waals surface area contributed by atoms with Gasteiger partial charge in [0.2, 0.25) is 17.8 Å². The van der Waals surface area contributed by atoms with E-state index in [4.69, 9.17) is 4.42 Å². The first kappa shape index (κ1) is 23.0. The van der Waals surface area contributed by atoms with Gasteiger partial charge in [-0.15, -0.1) is 0 Å². The fraction of sp³-hybridized carbons (Fsp3) is 0.231. The molecule has 9 heteroatoms. The van der Waals surface area contributed by atoms with Gasteiger partial charge in [0.25, 0.3) is 0 Å². The van der Waals surface area contributed by atoms with Crippen molar-refractivity contribution in [3.8, 4) is 11.3 Å². The van der Waals surface area contributed by atoms with Crippen molar-refractivity contribution in [1.29, 1.82) is 0 Å². The van der Waals surface area contributed by atoms with Crippen molar-refractivity contribution in [3.05, 3.63) is 76.5 Å². The molecule has 0 unspecified atom stereocenters. The summed E-state index contributed by atoms with van der Waals surface area (Å²) in [4.78, 5) is 15.9. The summed E-state index contributed by atoms with van der Waals surface area (Å²) in [6.07, 6.45) is 5.11. The highest BCUT2D eigenvalue weighted by molar-refractivity contribution is 9.10. The molecule has 1 saturated heterocycles. The van der Waals surface area contributed by atoms with Gasteiger partial charge in [0.05, 0.1) is 6.21 Å². The number of hydrazone groups is 1. The summed E-state index contributed by atoms with van der Waals surface area (Å²) in [6.45, 7) is 3.92. The lowest BCUT2D eigenvalue weighted by atomic mass is 10.1. The zero-order valence-corrected chi connectivity index (χ0v) is 21.0. The van der Waals surface area contributed by atoms with Crippen molar-refractivity contribution < 1.29 is 4.42 Å². The number of furan rings is 1. The van der Waals surface area contributed by atoms with Crippen molar-refractivity contribution in [2.75, 3.05) is 28.7 Å². The summed E-state index contributed by atoms with van der Waals surface area (Å²) < 4.78 is 6.95. The minimum Gasteiger partial charge on any atom is -0.455 e. The van der Waals surface area contributed by atoms with E-state index in [1.54, 1.807) is 6.21 Å². The van der Waals surface area contributed by atoms with E-state index in [0.717, 1.165) is 47.4 Å². The zero-order valence-electron chi connectivity index (χ0n) is 19.4. The van der Waals surface area contributed by atoms with Crippen LogP contribution in [0.2, 0.25) is 0 Å². The molecule has 178 valence electrons. The number of aromatic nitrogens is 3. The second-order valence-corrected chi connectivity index (χ2v) is 9.23. The molecule has 0 saturated carbocycles. The van der Waals surface area contributed by atoms with E-state index in [2.05, 4.69) is 70.7 Å². The van der Waals surface area contributed by atoms with Crippen molar-refractivity contribution in [2.45, 2.75) is 26.2 Å². The maximum atomic E-state index is 5.96. The molecule has 1 fully saturated rings. The van der Waals surface area contributed by atoms with Crippen LogP contribution in [-0.4, -0.2) is 34.3 Å². The number of rotatable bonds is 7. The molecule has 5 rings (SSSR count). The Balaban J connectivity index is 1.34. The first-order chi connectivity index (χ1) is 17.1. The Morgan fingerprint density at radius 1 is 0.943 bits per heavy atom. The van der Waals surface area contributed by atoms with E-state index >= 15 is 0 Å². The molecular weight excluding hydrogens is 506 g/mol. The zero-order chi connectivity index (χ0) is 24.0. The van der Waals surface area contributed by atoms with Crippen LogP contribution >= 0.6 is 15.9 Å². The largest absolute Gasteiger partial charge is 0.455 e. The van der Waals surface area contributed by atoms with Crippen LogP contribution in [0, 0.1) is 6.92 Å². The van der Waals surface area contributed by atoms with E-state index in [1.807, 2.05) is 48.5 Å². The molecule has 35 heavy (non-hydrogen) atoms. The maximum Gasteiger partial charge on any atom is 0.250 e. The normalized spacial score (nSPS) is 13.8. The SMILES string of the molecule is Cc1ccc(-c2ccc(/C=N/Nc3nc(Nc4ccccc4)nc(N4CCCCC4)n3)o2)c(Br)c1. The highest BCUT2D eigenvalue weighted by atomic mass is 79.9. The Labute approximate surface area is 212 Å². The third-order valence-corrected chi connectivity index (χ3v) is 6.32. The Morgan fingerprint density at radius 2 is 1.74 bits per heavy atom. The van der Waals surface area contributed by atoms with Crippen LogP contribution in [0.4, 0.5) is 23.5 Å². The fourth-order valence-corrected chi connectivity index (χ4v) is 4.59. The third-order valence-electron chi connectivity index (χ3n) is 5.67. The average molecular weight is 532 g/mol. The molecule has 0 aliphatic carbocycles. The van der Waals surface area contributed by atoms with Gasteiger partial charge in [-0.2, -0.15) is 20.1 Å².